The Morgan fingerprint density at radius 1 is 1.58 bits per heavy atom. The molecule has 0 bridgehead atoms. The number of likely N-dealkylation sites (N-methyl/N-ethyl adjacent to an activating group) is 1. The van der Waals surface area contributed by atoms with Crippen LogP contribution in [-0.4, -0.2) is 50.4 Å². The van der Waals surface area contributed by atoms with Gasteiger partial charge in [0.05, 0.1) is 20.2 Å². The molecule has 12 heavy (non-hydrogen) atoms. The van der Waals surface area contributed by atoms with Gasteiger partial charge >= 0.3 is 0 Å². The molecular weight excluding hydrogens is 152 g/mol. The second-order valence-electron chi connectivity index (χ2n) is 3.98. The predicted octanol–water partition coefficient (Wildman–Crippen LogP) is 0.201. The minimum Gasteiger partial charge on any atom is -0.365 e. The van der Waals surface area contributed by atoms with E-state index in [0.29, 0.717) is 6.54 Å². The summed E-state index contributed by atoms with van der Waals surface area (Å²) in [5.41, 5.74) is 5.59. The van der Waals surface area contributed by atoms with E-state index in [9.17, 15) is 0 Å². The zero-order valence-corrected chi connectivity index (χ0v) is 8.25. The number of rotatable bonds is 3. The molecule has 0 spiro atoms. The molecule has 0 amide bonds. The van der Waals surface area contributed by atoms with Crippen molar-refractivity contribution in [1.29, 1.82) is 0 Å². The second-order valence-corrected chi connectivity index (χ2v) is 3.98. The Kier molecular flexibility index (Phi) is 3.50. The average Bonchev–Trinajstić information content (AvgIpc) is 2.04. The van der Waals surface area contributed by atoms with Crippen LogP contribution in [0, 0.1) is 0 Å². The average molecular weight is 173 g/mol. The minimum atomic E-state index is 0.287. The molecule has 0 aromatic heterocycles. The van der Waals surface area contributed by atoms with Crippen LogP contribution in [0.5, 0.6) is 0 Å². The molecule has 3 heteroatoms. The standard InChI is InChI=1S/C9H21N2O/c1-3-4-11(2)5-6-12-9(7-10)8-11/h9H,3-8,10H2,1-2H3/q+1. The third-order valence-corrected chi connectivity index (χ3v) is 2.66. The molecule has 1 saturated heterocycles. The van der Waals surface area contributed by atoms with E-state index >= 15 is 0 Å². The van der Waals surface area contributed by atoms with Crippen LogP contribution in [0.15, 0.2) is 0 Å². The van der Waals surface area contributed by atoms with E-state index in [1.807, 2.05) is 0 Å². The Hall–Kier alpha value is -0.120. The Bertz CT molecular complexity index is 136. The number of quaternary nitrogens is 1. The van der Waals surface area contributed by atoms with Gasteiger partial charge in [0, 0.05) is 6.54 Å². The van der Waals surface area contributed by atoms with Gasteiger partial charge in [0.2, 0.25) is 0 Å². The van der Waals surface area contributed by atoms with Crippen molar-refractivity contribution in [2.24, 2.45) is 5.73 Å². The monoisotopic (exact) mass is 173 g/mol. The van der Waals surface area contributed by atoms with Crippen molar-refractivity contribution < 1.29 is 9.22 Å². The number of hydrogen-bond donors (Lipinski definition) is 1. The van der Waals surface area contributed by atoms with Crippen molar-refractivity contribution in [3.63, 3.8) is 0 Å². The fraction of sp³-hybridized carbons (Fsp3) is 1.00. The summed E-state index contributed by atoms with van der Waals surface area (Å²) in [6.45, 7) is 7.25. The van der Waals surface area contributed by atoms with E-state index in [1.54, 1.807) is 0 Å². The first-order valence-electron chi connectivity index (χ1n) is 4.85. The number of morpholine rings is 1. The molecule has 0 aromatic rings. The van der Waals surface area contributed by atoms with Gasteiger partial charge in [0.25, 0.3) is 0 Å². The number of nitrogens with zero attached hydrogens (tertiary/aromatic N) is 1. The highest BCUT2D eigenvalue weighted by molar-refractivity contribution is 4.62. The normalized spacial score (nSPS) is 36.8. The maximum absolute atomic E-state index is 5.59. The van der Waals surface area contributed by atoms with Gasteiger partial charge in [-0.1, -0.05) is 6.92 Å². The van der Waals surface area contributed by atoms with Crippen molar-refractivity contribution in [1.82, 2.24) is 0 Å². The third-order valence-electron chi connectivity index (χ3n) is 2.66. The van der Waals surface area contributed by atoms with Crippen LogP contribution < -0.4 is 5.73 Å². The smallest absolute Gasteiger partial charge is 0.119 e. The second kappa shape index (κ2) is 4.21. The van der Waals surface area contributed by atoms with Gasteiger partial charge in [-0.3, -0.25) is 0 Å². The Morgan fingerprint density at radius 3 is 2.92 bits per heavy atom. The zero-order valence-electron chi connectivity index (χ0n) is 8.25. The summed E-state index contributed by atoms with van der Waals surface area (Å²) < 4.78 is 6.67. The maximum atomic E-state index is 5.59. The van der Waals surface area contributed by atoms with Crippen LogP contribution >= 0.6 is 0 Å². The van der Waals surface area contributed by atoms with Crippen LogP contribution in [0.25, 0.3) is 0 Å². The predicted molar refractivity (Wildman–Crippen MR) is 49.9 cm³/mol. The van der Waals surface area contributed by atoms with Crippen molar-refractivity contribution in [2.45, 2.75) is 19.4 Å². The molecule has 1 aliphatic heterocycles. The molecule has 0 aromatic carbocycles. The lowest BCUT2D eigenvalue weighted by Crippen LogP contribution is -2.57. The molecule has 0 aliphatic carbocycles. The molecule has 2 atom stereocenters. The fourth-order valence-corrected chi connectivity index (χ4v) is 1.96. The number of ether oxygens (including phenoxy) is 1. The maximum Gasteiger partial charge on any atom is 0.119 e. The molecule has 3 nitrogen and oxygen atoms in total. The summed E-state index contributed by atoms with van der Waals surface area (Å²) in [6.07, 6.45) is 1.53. The summed E-state index contributed by atoms with van der Waals surface area (Å²) in [5, 5.41) is 0. The molecule has 1 aliphatic rings. The molecule has 0 radical (unpaired) electrons. The molecule has 1 fully saturated rings. The van der Waals surface area contributed by atoms with Crippen LogP contribution in [0.4, 0.5) is 0 Å². The van der Waals surface area contributed by atoms with E-state index in [1.165, 1.54) is 13.0 Å². The van der Waals surface area contributed by atoms with Crippen molar-refractivity contribution in [3.8, 4) is 0 Å². The molecular formula is C9H21N2O+. The molecule has 2 N–H and O–H groups in total. The lowest BCUT2D eigenvalue weighted by Gasteiger charge is -2.40. The van der Waals surface area contributed by atoms with Gasteiger partial charge in [-0.05, 0) is 6.42 Å². The van der Waals surface area contributed by atoms with E-state index in [4.69, 9.17) is 10.5 Å². The summed E-state index contributed by atoms with van der Waals surface area (Å²) in [6, 6.07) is 0. The Morgan fingerprint density at radius 2 is 2.33 bits per heavy atom. The Labute approximate surface area is 75.1 Å². The first-order valence-corrected chi connectivity index (χ1v) is 4.85. The third kappa shape index (κ3) is 2.44. The largest absolute Gasteiger partial charge is 0.365 e. The fourth-order valence-electron chi connectivity index (χ4n) is 1.96. The van der Waals surface area contributed by atoms with Crippen molar-refractivity contribution in [2.75, 3.05) is 39.8 Å². The summed E-state index contributed by atoms with van der Waals surface area (Å²) in [4.78, 5) is 0. The summed E-state index contributed by atoms with van der Waals surface area (Å²) in [7, 11) is 2.30. The molecule has 1 heterocycles. The highest BCUT2D eigenvalue weighted by Gasteiger charge is 2.29. The van der Waals surface area contributed by atoms with Gasteiger partial charge in [0.15, 0.2) is 0 Å². The first-order chi connectivity index (χ1) is 5.70. The van der Waals surface area contributed by atoms with Crippen LogP contribution in [0.3, 0.4) is 0 Å². The lowest BCUT2D eigenvalue weighted by atomic mass is 10.2. The molecule has 1 rings (SSSR count). The molecule has 72 valence electrons. The van der Waals surface area contributed by atoms with Crippen LogP contribution in [0.2, 0.25) is 0 Å². The van der Waals surface area contributed by atoms with E-state index in [-0.39, 0.29) is 6.10 Å². The first kappa shape index (κ1) is 9.96. The van der Waals surface area contributed by atoms with Crippen molar-refractivity contribution in [3.05, 3.63) is 0 Å². The van der Waals surface area contributed by atoms with Gasteiger partial charge < -0.3 is 15.0 Å². The van der Waals surface area contributed by atoms with E-state index < -0.39 is 0 Å². The quantitative estimate of drug-likeness (QED) is 0.619. The van der Waals surface area contributed by atoms with E-state index in [0.717, 1.165) is 24.2 Å². The molecule has 0 saturated carbocycles. The summed E-state index contributed by atoms with van der Waals surface area (Å²) >= 11 is 0. The van der Waals surface area contributed by atoms with Gasteiger partial charge in [-0.25, -0.2) is 0 Å². The number of nitrogens with two attached hydrogens (primary N) is 1. The van der Waals surface area contributed by atoms with Gasteiger partial charge in [0.1, 0.15) is 19.2 Å². The zero-order chi connectivity index (χ0) is 9.03. The summed E-state index contributed by atoms with van der Waals surface area (Å²) in [5.74, 6) is 0. The van der Waals surface area contributed by atoms with Gasteiger partial charge in [-0.2, -0.15) is 0 Å². The van der Waals surface area contributed by atoms with Crippen LogP contribution in [-0.2, 0) is 4.74 Å². The van der Waals surface area contributed by atoms with Crippen molar-refractivity contribution >= 4 is 0 Å². The SMILES string of the molecule is CCC[N+]1(C)CCOC(CN)C1. The minimum absolute atomic E-state index is 0.287. The van der Waals surface area contributed by atoms with Crippen LogP contribution in [0.1, 0.15) is 13.3 Å². The topological polar surface area (TPSA) is 35.2 Å². The lowest BCUT2D eigenvalue weighted by molar-refractivity contribution is -0.920. The number of hydrogen-bond acceptors (Lipinski definition) is 2. The van der Waals surface area contributed by atoms with Gasteiger partial charge in [-0.15, -0.1) is 0 Å². The molecule has 2 unspecified atom stereocenters. The highest BCUT2D eigenvalue weighted by Crippen LogP contribution is 2.12. The Balaban J connectivity index is 2.43. The highest BCUT2D eigenvalue weighted by atomic mass is 16.5. The van der Waals surface area contributed by atoms with E-state index in [2.05, 4.69) is 14.0 Å².